The highest BCUT2D eigenvalue weighted by Gasteiger charge is 2.10. The highest BCUT2D eigenvalue weighted by atomic mass is 32.1. The lowest BCUT2D eigenvalue weighted by molar-refractivity contribution is 0.102. The summed E-state index contributed by atoms with van der Waals surface area (Å²) < 4.78 is 5.08. The van der Waals surface area contributed by atoms with Crippen LogP contribution in [-0.4, -0.2) is 18.0 Å². The molecule has 0 aliphatic heterocycles. The van der Waals surface area contributed by atoms with Crippen molar-refractivity contribution in [2.24, 2.45) is 0 Å². The Labute approximate surface area is 137 Å². The summed E-state index contributed by atoms with van der Waals surface area (Å²) in [7, 11) is 1.59. The molecule has 1 heterocycles. The van der Waals surface area contributed by atoms with Crippen LogP contribution in [0.15, 0.2) is 53.9 Å². The van der Waals surface area contributed by atoms with Crippen molar-refractivity contribution in [3.63, 3.8) is 0 Å². The van der Waals surface area contributed by atoms with Gasteiger partial charge >= 0.3 is 0 Å². The van der Waals surface area contributed by atoms with Crippen LogP contribution < -0.4 is 15.8 Å². The number of benzene rings is 2. The number of nitrogens with two attached hydrogens (primary N) is 1. The van der Waals surface area contributed by atoms with Gasteiger partial charge in [0.2, 0.25) is 0 Å². The number of nitrogens with zero attached hydrogens (tertiary/aromatic N) is 1. The molecule has 0 spiro atoms. The van der Waals surface area contributed by atoms with E-state index in [1.807, 2.05) is 29.6 Å². The number of hydrogen-bond acceptors (Lipinski definition) is 5. The quantitative estimate of drug-likeness (QED) is 0.718. The van der Waals surface area contributed by atoms with Gasteiger partial charge in [-0.3, -0.25) is 10.1 Å². The molecule has 3 N–H and O–H groups in total. The molecule has 116 valence electrons. The Morgan fingerprint density at radius 3 is 2.70 bits per heavy atom. The first kappa shape index (κ1) is 15.1. The van der Waals surface area contributed by atoms with Gasteiger partial charge in [0.15, 0.2) is 5.13 Å². The normalized spacial score (nSPS) is 10.3. The van der Waals surface area contributed by atoms with E-state index in [1.54, 1.807) is 31.4 Å². The minimum atomic E-state index is -0.207. The predicted octanol–water partition coefficient (Wildman–Crippen LogP) is 3.65. The fraction of sp³-hybridized carbons (Fsp3) is 0.0588. The highest BCUT2D eigenvalue weighted by Crippen LogP contribution is 2.26. The molecule has 0 saturated carbocycles. The molecule has 0 bridgehead atoms. The van der Waals surface area contributed by atoms with E-state index in [2.05, 4.69) is 10.3 Å². The van der Waals surface area contributed by atoms with Crippen molar-refractivity contribution in [3.8, 4) is 17.0 Å². The first-order valence-electron chi connectivity index (χ1n) is 6.92. The van der Waals surface area contributed by atoms with E-state index >= 15 is 0 Å². The van der Waals surface area contributed by atoms with Crippen molar-refractivity contribution in [2.45, 2.75) is 0 Å². The first-order chi connectivity index (χ1) is 11.2. The van der Waals surface area contributed by atoms with Crippen LogP contribution in [0.4, 0.5) is 10.8 Å². The Hall–Kier alpha value is -2.86. The molecule has 1 amide bonds. The number of ether oxygens (including phenoxy) is 1. The van der Waals surface area contributed by atoms with Crippen LogP contribution in [0.5, 0.6) is 5.75 Å². The summed E-state index contributed by atoms with van der Waals surface area (Å²) in [5.41, 5.74) is 8.71. The zero-order valence-electron chi connectivity index (χ0n) is 12.4. The average molecular weight is 325 g/mol. The number of amides is 1. The number of thiazole rings is 1. The molecule has 0 atom stereocenters. The van der Waals surface area contributed by atoms with E-state index in [1.165, 1.54) is 11.3 Å². The fourth-order valence-corrected chi connectivity index (χ4v) is 2.79. The van der Waals surface area contributed by atoms with E-state index in [4.69, 9.17) is 10.5 Å². The van der Waals surface area contributed by atoms with Gasteiger partial charge in [-0.25, -0.2) is 4.98 Å². The summed E-state index contributed by atoms with van der Waals surface area (Å²) in [6.07, 6.45) is 0. The molecule has 0 unspecified atom stereocenters. The minimum absolute atomic E-state index is 0.207. The lowest BCUT2D eigenvalue weighted by atomic mass is 10.1. The molecular formula is C17H15N3O2S. The Morgan fingerprint density at radius 1 is 1.22 bits per heavy atom. The van der Waals surface area contributed by atoms with Crippen molar-refractivity contribution in [1.29, 1.82) is 0 Å². The highest BCUT2D eigenvalue weighted by molar-refractivity contribution is 7.14. The Balaban J connectivity index is 1.74. The lowest BCUT2D eigenvalue weighted by Crippen LogP contribution is -2.11. The molecule has 0 fully saturated rings. The van der Waals surface area contributed by atoms with Gasteiger partial charge in [-0.15, -0.1) is 11.3 Å². The maximum absolute atomic E-state index is 12.2. The third-order valence-electron chi connectivity index (χ3n) is 3.26. The molecule has 3 aromatic rings. The molecule has 0 radical (unpaired) electrons. The number of carbonyl (C=O) groups excluding carboxylic acids is 1. The van der Waals surface area contributed by atoms with Crippen LogP contribution in [0, 0.1) is 0 Å². The Morgan fingerprint density at radius 2 is 2.00 bits per heavy atom. The number of nitrogen functional groups attached to an aromatic ring is 1. The molecule has 3 rings (SSSR count). The summed E-state index contributed by atoms with van der Waals surface area (Å²) >= 11 is 1.37. The number of methoxy groups -OCH3 is 1. The van der Waals surface area contributed by atoms with Gasteiger partial charge in [-0.1, -0.05) is 12.1 Å². The molecule has 0 aliphatic rings. The summed E-state index contributed by atoms with van der Waals surface area (Å²) in [6.45, 7) is 0. The van der Waals surface area contributed by atoms with E-state index in [0.29, 0.717) is 22.1 Å². The lowest BCUT2D eigenvalue weighted by Gasteiger charge is -2.03. The number of nitrogens with one attached hydrogen (secondary N) is 1. The molecule has 0 saturated heterocycles. The standard InChI is InChI=1S/C17H15N3O2S/c1-22-14-7-5-11(6-8-14)16(21)20-17-19-15(10-23-17)12-3-2-4-13(18)9-12/h2-10H,18H2,1H3,(H,19,20,21). The second-order valence-electron chi connectivity index (χ2n) is 4.85. The Bertz CT molecular complexity index is 828. The van der Waals surface area contributed by atoms with Gasteiger partial charge < -0.3 is 10.5 Å². The fourth-order valence-electron chi connectivity index (χ4n) is 2.07. The van der Waals surface area contributed by atoms with E-state index < -0.39 is 0 Å². The van der Waals surface area contributed by atoms with Gasteiger partial charge in [-0.2, -0.15) is 0 Å². The van der Waals surface area contributed by atoms with Crippen LogP contribution >= 0.6 is 11.3 Å². The van der Waals surface area contributed by atoms with E-state index in [-0.39, 0.29) is 5.91 Å². The molecule has 1 aromatic heterocycles. The summed E-state index contributed by atoms with van der Waals surface area (Å²) in [5, 5.41) is 5.23. The van der Waals surface area contributed by atoms with E-state index in [9.17, 15) is 4.79 Å². The summed E-state index contributed by atoms with van der Waals surface area (Å²) in [5.74, 6) is 0.501. The molecule has 6 heteroatoms. The number of anilines is 2. The second kappa shape index (κ2) is 6.50. The number of hydrogen-bond donors (Lipinski definition) is 2. The van der Waals surface area contributed by atoms with Crippen LogP contribution in [-0.2, 0) is 0 Å². The third-order valence-corrected chi connectivity index (χ3v) is 4.02. The van der Waals surface area contributed by atoms with Gasteiger partial charge in [0.1, 0.15) is 5.75 Å². The van der Waals surface area contributed by atoms with Crippen molar-refractivity contribution < 1.29 is 9.53 Å². The maximum atomic E-state index is 12.2. The van der Waals surface area contributed by atoms with Gasteiger partial charge in [0.05, 0.1) is 12.8 Å². The van der Waals surface area contributed by atoms with Gasteiger partial charge in [-0.05, 0) is 36.4 Å². The average Bonchev–Trinajstić information content (AvgIpc) is 3.03. The molecule has 5 nitrogen and oxygen atoms in total. The zero-order valence-corrected chi connectivity index (χ0v) is 13.3. The van der Waals surface area contributed by atoms with Crippen molar-refractivity contribution >= 4 is 28.1 Å². The molecule has 0 aliphatic carbocycles. The predicted molar refractivity (Wildman–Crippen MR) is 92.9 cm³/mol. The Kier molecular flexibility index (Phi) is 4.25. The van der Waals surface area contributed by atoms with Gasteiger partial charge in [0.25, 0.3) is 5.91 Å². The summed E-state index contributed by atoms with van der Waals surface area (Å²) in [6, 6.07) is 14.4. The number of carbonyl (C=O) groups is 1. The number of aromatic nitrogens is 1. The first-order valence-corrected chi connectivity index (χ1v) is 7.80. The zero-order chi connectivity index (χ0) is 16.2. The van der Waals surface area contributed by atoms with E-state index in [0.717, 1.165) is 11.3 Å². The third kappa shape index (κ3) is 3.49. The van der Waals surface area contributed by atoms with Crippen molar-refractivity contribution in [1.82, 2.24) is 4.98 Å². The largest absolute Gasteiger partial charge is 0.497 e. The van der Waals surface area contributed by atoms with Crippen molar-refractivity contribution in [3.05, 3.63) is 59.5 Å². The van der Waals surface area contributed by atoms with Crippen LogP contribution in [0.1, 0.15) is 10.4 Å². The summed E-state index contributed by atoms with van der Waals surface area (Å²) in [4.78, 5) is 16.6. The molecule has 23 heavy (non-hydrogen) atoms. The monoisotopic (exact) mass is 325 g/mol. The molecule has 2 aromatic carbocycles. The van der Waals surface area contributed by atoms with Crippen LogP contribution in [0.3, 0.4) is 0 Å². The molecular weight excluding hydrogens is 310 g/mol. The number of rotatable bonds is 4. The van der Waals surface area contributed by atoms with Gasteiger partial charge in [0, 0.05) is 22.2 Å². The topological polar surface area (TPSA) is 77.2 Å². The second-order valence-corrected chi connectivity index (χ2v) is 5.70. The minimum Gasteiger partial charge on any atom is -0.497 e. The smallest absolute Gasteiger partial charge is 0.257 e. The maximum Gasteiger partial charge on any atom is 0.257 e. The van der Waals surface area contributed by atoms with Crippen LogP contribution in [0.25, 0.3) is 11.3 Å². The SMILES string of the molecule is COc1ccc(C(=O)Nc2nc(-c3cccc(N)c3)cs2)cc1. The van der Waals surface area contributed by atoms with Crippen LogP contribution in [0.2, 0.25) is 0 Å². The van der Waals surface area contributed by atoms with Crippen molar-refractivity contribution in [2.75, 3.05) is 18.2 Å².